The molecule has 8 heteroatoms. The van der Waals surface area contributed by atoms with Crippen LogP contribution in [-0.2, 0) is 24.4 Å². The van der Waals surface area contributed by atoms with E-state index in [2.05, 4.69) is 15.6 Å². The molecular weight excluding hydrogens is 399 g/mol. The number of aliphatic hydroxyl groups is 1. The molecule has 146 valence electrons. The van der Waals surface area contributed by atoms with Gasteiger partial charge in [0, 0.05) is 15.7 Å². The summed E-state index contributed by atoms with van der Waals surface area (Å²) in [7, 11) is 0. The summed E-state index contributed by atoms with van der Waals surface area (Å²) in [5.74, 6) is -0.195. The van der Waals surface area contributed by atoms with E-state index in [-0.39, 0.29) is 18.9 Å². The van der Waals surface area contributed by atoms with Crippen molar-refractivity contribution < 1.29 is 9.90 Å². The largest absolute Gasteiger partial charge is 0.392 e. The highest BCUT2D eigenvalue weighted by Gasteiger charge is 2.15. The minimum Gasteiger partial charge on any atom is -0.392 e. The van der Waals surface area contributed by atoms with Crippen molar-refractivity contribution in [3.8, 4) is 0 Å². The van der Waals surface area contributed by atoms with Crippen molar-refractivity contribution in [2.45, 2.75) is 33.4 Å². The van der Waals surface area contributed by atoms with Crippen LogP contribution in [0.4, 0.5) is 5.69 Å². The SMILES string of the molecule is Cc1c(CO)cccc1NC(=O)Cc1nnn(Cc2cc(Cl)cc(Cl)c2)c1C. The first-order valence-corrected chi connectivity index (χ1v) is 9.46. The van der Waals surface area contributed by atoms with Gasteiger partial charge in [-0.15, -0.1) is 5.10 Å². The number of amides is 1. The van der Waals surface area contributed by atoms with Crippen LogP contribution < -0.4 is 5.32 Å². The molecule has 0 atom stereocenters. The van der Waals surface area contributed by atoms with E-state index < -0.39 is 0 Å². The molecule has 1 aromatic heterocycles. The molecule has 3 rings (SSSR count). The highest BCUT2D eigenvalue weighted by molar-refractivity contribution is 6.34. The van der Waals surface area contributed by atoms with E-state index in [9.17, 15) is 9.90 Å². The molecule has 0 aliphatic rings. The number of hydrogen-bond donors (Lipinski definition) is 2. The zero-order chi connectivity index (χ0) is 20.3. The summed E-state index contributed by atoms with van der Waals surface area (Å²) >= 11 is 12.1. The lowest BCUT2D eigenvalue weighted by Crippen LogP contribution is -2.16. The molecule has 6 nitrogen and oxygen atoms in total. The van der Waals surface area contributed by atoms with Gasteiger partial charge in [-0.05, 0) is 54.8 Å². The van der Waals surface area contributed by atoms with Crippen LogP contribution in [0, 0.1) is 13.8 Å². The van der Waals surface area contributed by atoms with Gasteiger partial charge in [0.05, 0.1) is 31.0 Å². The average molecular weight is 419 g/mol. The van der Waals surface area contributed by atoms with Gasteiger partial charge in [0.1, 0.15) is 0 Å². The van der Waals surface area contributed by atoms with Gasteiger partial charge in [-0.1, -0.05) is 40.5 Å². The fourth-order valence-corrected chi connectivity index (χ4v) is 3.49. The molecule has 1 heterocycles. The summed E-state index contributed by atoms with van der Waals surface area (Å²) in [5.41, 5.74) is 4.60. The van der Waals surface area contributed by atoms with Crippen LogP contribution in [0.5, 0.6) is 0 Å². The van der Waals surface area contributed by atoms with Crippen LogP contribution in [0.2, 0.25) is 10.0 Å². The van der Waals surface area contributed by atoms with E-state index in [0.29, 0.717) is 28.0 Å². The quantitative estimate of drug-likeness (QED) is 0.635. The molecular formula is C20H20Cl2N4O2. The first-order valence-electron chi connectivity index (χ1n) is 8.70. The topological polar surface area (TPSA) is 80.0 Å². The molecule has 1 amide bonds. The minimum atomic E-state index is -0.195. The lowest BCUT2D eigenvalue weighted by Gasteiger charge is -2.11. The van der Waals surface area contributed by atoms with Gasteiger partial charge in [0.25, 0.3) is 0 Å². The van der Waals surface area contributed by atoms with Gasteiger partial charge in [0.15, 0.2) is 0 Å². The first-order chi connectivity index (χ1) is 13.4. The van der Waals surface area contributed by atoms with E-state index in [4.69, 9.17) is 23.2 Å². The maximum Gasteiger partial charge on any atom is 0.230 e. The van der Waals surface area contributed by atoms with Crippen LogP contribution in [0.1, 0.15) is 28.1 Å². The van der Waals surface area contributed by atoms with Crippen molar-refractivity contribution in [2.24, 2.45) is 0 Å². The Hall–Kier alpha value is -2.41. The Bertz CT molecular complexity index is 997. The van der Waals surface area contributed by atoms with Crippen molar-refractivity contribution in [1.82, 2.24) is 15.0 Å². The van der Waals surface area contributed by atoms with Crippen LogP contribution in [0.3, 0.4) is 0 Å². The van der Waals surface area contributed by atoms with Gasteiger partial charge in [-0.3, -0.25) is 4.79 Å². The predicted molar refractivity (Wildman–Crippen MR) is 110 cm³/mol. The van der Waals surface area contributed by atoms with Crippen LogP contribution in [0.15, 0.2) is 36.4 Å². The molecule has 0 aliphatic heterocycles. The number of rotatable bonds is 6. The van der Waals surface area contributed by atoms with E-state index in [1.54, 1.807) is 22.9 Å². The molecule has 0 fully saturated rings. The second-order valence-electron chi connectivity index (χ2n) is 6.53. The standard InChI is InChI=1S/C20H20Cl2N4O2/c1-12-15(11-27)4-3-5-18(12)23-20(28)9-19-13(2)26(25-24-19)10-14-6-16(21)8-17(22)7-14/h3-8,27H,9-11H2,1-2H3,(H,23,28). The van der Waals surface area contributed by atoms with Gasteiger partial charge < -0.3 is 10.4 Å². The fourth-order valence-electron chi connectivity index (χ4n) is 2.92. The lowest BCUT2D eigenvalue weighted by molar-refractivity contribution is -0.115. The molecule has 0 aliphatic carbocycles. The number of aromatic nitrogens is 3. The maximum absolute atomic E-state index is 12.5. The zero-order valence-corrected chi connectivity index (χ0v) is 17.1. The summed E-state index contributed by atoms with van der Waals surface area (Å²) in [4.78, 5) is 12.5. The van der Waals surface area contributed by atoms with Crippen LogP contribution in [-0.4, -0.2) is 26.0 Å². The zero-order valence-electron chi connectivity index (χ0n) is 15.5. The molecule has 2 aromatic carbocycles. The highest BCUT2D eigenvalue weighted by atomic mass is 35.5. The van der Waals surface area contributed by atoms with E-state index in [1.165, 1.54) is 0 Å². The number of anilines is 1. The molecule has 0 bridgehead atoms. The first kappa shape index (κ1) is 20.3. The van der Waals surface area contributed by atoms with E-state index in [1.807, 2.05) is 32.0 Å². The minimum absolute atomic E-state index is 0.0729. The van der Waals surface area contributed by atoms with Gasteiger partial charge >= 0.3 is 0 Å². The second-order valence-corrected chi connectivity index (χ2v) is 7.40. The fraction of sp³-hybridized carbons (Fsp3) is 0.250. The molecule has 0 saturated carbocycles. The van der Waals surface area contributed by atoms with Crippen molar-refractivity contribution in [3.63, 3.8) is 0 Å². The molecule has 28 heavy (non-hydrogen) atoms. The van der Waals surface area contributed by atoms with Crippen molar-refractivity contribution in [2.75, 3.05) is 5.32 Å². The molecule has 3 aromatic rings. The number of carbonyl (C=O) groups excluding carboxylic acids is 1. The Morgan fingerprint density at radius 2 is 1.89 bits per heavy atom. The van der Waals surface area contributed by atoms with Crippen molar-refractivity contribution in [1.29, 1.82) is 0 Å². The Balaban J connectivity index is 1.71. The van der Waals surface area contributed by atoms with Gasteiger partial charge in [-0.2, -0.15) is 0 Å². The molecule has 2 N–H and O–H groups in total. The maximum atomic E-state index is 12.5. The van der Waals surface area contributed by atoms with Crippen molar-refractivity contribution >= 4 is 34.8 Å². The third-order valence-corrected chi connectivity index (χ3v) is 4.99. The second kappa shape index (κ2) is 8.73. The van der Waals surface area contributed by atoms with Gasteiger partial charge in [-0.25, -0.2) is 4.68 Å². The van der Waals surface area contributed by atoms with E-state index in [0.717, 1.165) is 22.4 Å². The third-order valence-electron chi connectivity index (χ3n) is 4.55. The number of hydrogen-bond acceptors (Lipinski definition) is 4. The summed E-state index contributed by atoms with van der Waals surface area (Å²) in [6.45, 7) is 4.11. The summed E-state index contributed by atoms with van der Waals surface area (Å²) in [6.07, 6.45) is 0.102. The van der Waals surface area contributed by atoms with Crippen LogP contribution in [0.25, 0.3) is 0 Å². The number of carbonyl (C=O) groups is 1. The Kier molecular flexibility index (Phi) is 6.34. The summed E-state index contributed by atoms with van der Waals surface area (Å²) in [5, 5.41) is 21.6. The Labute approximate surface area is 173 Å². The summed E-state index contributed by atoms with van der Waals surface area (Å²) in [6, 6.07) is 10.7. The monoisotopic (exact) mass is 418 g/mol. The normalized spacial score (nSPS) is 10.9. The average Bonchev–Trinajstić information content (AvgIpc) is 2.96. The Morgan fingerprint density at radius 3 is 2.57 bits per heavy atom. The molecule has 0 saturated heterocycles. The van der Waals surface area contributed by atoms with Gasteiger partial charge in [0.2, 0.25) is 5.91 Å². The molecule has 0 unspecified atom stereocenters. The van der Waals surface area contributed by atoms with Crippen molar-refractivity contribution in [3.05, 3.63) is 74.5 Å². The predicted octanol–water partition coefficient (Wildman–Crippen LogP) is 3.92. The third kappa shape index (κ3) is 4.70. The smallest absolute Gasteiger partial charge is 0.230 e. The summed E-state index contributed by atoms with van der Waals surface area (Å²) < 4.78 is 1.71. The number of aliphatic hydroxyl groups excluding tert-OH is 1. The Morgan fingerprint density at radius 1 is 1.18 bits per heavy atom. The number of halogens is 2. The number of nitrogens with zero attached hydrogens (tertiary/aromatic N) is 3. The highest BCUT2D eigenvalue weighted by Crippen LogP contribution is 2.21. The van der Waals surface area contributed by atoms with E-state index >= 15 is 0 Å². The number of benzene rings is 2. The number of nitrogens with one attached hydrogen (secondary N) is 1. The lowest BCUT2D eigenvalue weighted by atomic mass is 10.1. The molecule has 0 radical (unpaired) electrons. The molecule has 0 spiro atoms. The van der Waals surface area contributed by atoms with Crippen LogP contribution >= 0.6 is 23.2 Å².